The Labute approximate surface area is 211 Å². The maximum absolute atomic E-state index is 13.3. The lowest BCUT2D eigenvalue weighted by molar-refractivity contribution is 0.0981. The van der Waals surface area contributed by atoms with Gasteiger partial charge in [-0.05, 0) is 68.0 Å². The van der Waals surface area contributed by atoms with Crippen LogP contribution >= 0.6 is 0 Å². The first-order valence-corrected chi connectivity index (χ1v) is 13.5. The lowest BCUT2D eigenvalue weighted by atomic mass is 9.97. The Bertz CT molecular complexity index is 1460. The predicted octanol–water partition coefficient (Wildman–Crippen LogP) is 4.30. The van der Waals surface area contributed by atoms with Gasteiger partial charge in [-0.2, -0.15) is 0 Å². The summed E-state index contributed by atoms with van der Waals surface area (Å²) in [6, 6.07) is 14.0. The van der Waals surface area contributed by atoms with Gasteiger partial charge in [0.1, 0.15) is 5.82 Å². The number of rotatable bonds is 6. The third-order valence-corrected chi connectivity index (χ3v) is 7.95. The topological polar surface area (TPSA) is 112 Å². The van der Waals surface area contributed by atoms with Gasteiger partial charge in [0, 0.05) is 23.8 Å². The summed E-state index contributed by atoms with van der Waals surface area (Å²) in [4.78, 5) is 34.2. The van der Waals surface area contributed by atoms with Gasteiger partial charge in [-0.25, -0.2) is 18.1 Å². The van der Waals surface area contributed by atoms with Crippen molar-refractivity contribution in [1.82, 2.24) is 14.7 Å². The van der Waals surface area contributed by atoms with Crippen LogP contribution in [0.25, 0.3) is 11.3 Å². The normalized spacial score (nSPS) is 17.4. The van der Waals surface area contributed by atoms with Crippen LogP contribution in [0.15, 0.2) is 64.4 Å². The number of H-pyrrole nitrogens is 1. The Morgan fingerprint density at radius 1 is 1.17 bits per heavy atom. The van der Waals surface area contributed by atoms with E-state index in [1.165, 1.54) is 17.8 Å². The van der Waals surface area contributed by atoms with Crippen LogP contribution in [0.4, 0.5) is 5.82 Å². The summed E-state index contributed by atoms with van der Waals surface area (Å²) in [5.74, 6) is 0.307. The van der Waals surface area contributed by atoms with E-state index in [9.17, 15) is 18.0 Å². The summed E-state index contributed by atoms with van der Waals surface area (Å²) in [5, 5.41) is 0. The molecule has 1 amide bonds. The molecule has 0 radical (unpaired) electrons. The monoisotopic (exact) mass is 508 g/mol. The van der Waals surface area contributed by atoms with E-state index in [0.29, 0.717) is 29.9 Å². The van der Waals surface area contributed by atoms with Gasteiger partial charge in [0.15, 0.2) is 4.90 Å². The van der Waals surface area contributed by atoms with E-state index in [2.05, 4.69) is 61.4 Å². The molecule has 2 N–H and O–H groups in total. The van der Waals surface area contributed by atoms with Crippen LogP contribution in [0, 0.1) is 5.92 Å². The molecule has 3 aromatic rings. The van der Waals surface area contributed by atoms with Gasteiger partial charge in [-0.1, -0.05) is 39.0 Å². The highest BCUT2D eigenvalue weighted by Gasteiger charge is 2.39. The van der Waals surface area contributed by atoms with Gasteiger partial charge in [0.05, 0.1) is 11.3 Å². The first-order chi connectivity index (χ1) is 16.9. The number of carbonyl (C=O) groups is 1. The van der Waals surface area contributed by atoms with Gasteiger partial charge in [-0.3, -0.25) is 9.59 Å². The van der Waals surface area contributed by atoms with Crippen molar-refractivity contribution in [2.75, 3.05) is 11.4 Å². The molecular formula is C27H32N4O4S. The van der Waals surface area contributed by atoms with Crippen molar-refractivity contribution >= 4 is 21.7 Å². The Morgan fingerprint density at radius 2 is 1.92 bits per heavy atom. The zero-order valence-electron chi connectivity index (χ0n) is 21.2. The molecule has 0 bridgehead atoms. The van der Waals surface area contributed by atoms with E-state index in [1.807, 2.05) is 12.1 Å². The van der Waals surface area contributed by atoms with Crippen molar-refractivity contribution in [3.63, 3.8) is 0 Å². The molecule has 1 aromatic carbocycles. The number of nitrogens with one attached hydrogen (secondary N) is 2. The molecule has 36 heavy (non-hydrogen) atoms. The minimum atomic E-state index is -4.39. The van der Waals surface area contributed by atoms with E-state index >= 15 is 0 Å². The lowest BCUT2D eigenvalue weighted by Gasteiger charge is -2.34. The molecule has 2 aromatic heterocycles. The Kier molecular flexibility index (Phi) is 6.79. The number of hydrogen-bond donors (Lipinski definition) is 2. The maximum atomic E-state index is 13.3. The average Bonchev–Trinajstić information content (AvgIpc) is 3.10. The Hall–Kier alpha value is -3.46. The largest absolute Gasteiger partial charge is 0.351 e. The second kappa shape index (κ2) is 9.54. The molecule has 1 aliphatic heterocycles. The molecule has 9 heteroatoms. The zero-order chi connectivity index (χ0) is 26.3. The summed E-state index contributed by atoms with van der Waals surface area (Å²) in [5.41, 5.74) is 1.84. The van der Waals surface area contributed by atoms with Gasteiger partial charge in [0.25, 0.3) is 21.5 Å². The fraction of sp³-hybridized carbons (Fsp3) is 0.370. The third kappa shape index (κ3) is 5.06. The summed E-state index contributed by atoms with van der Waals surface area (Å²) in [7, 11) is -4.39. The van der Waals surface area contributed by atoms with E-state index in [0.717, 1.165) is 18.1 Å². The molecule has 0 unspecified atom stereocenters. The SMILES string of the molecule is CC(C)c1cccc(-c2ccc(C(=O)NS(=O)(=O)c3ccc[nH]c3=O)c(N3C[C@@H](C)CC3(C)C)n2)c1. The molecule has 1 fully saturated rings. The standard InChI is InChI=1S/C27H32N4O4S/c1-17(2)19-8-6-9-20(14-19)22-12-11-21(24(29-22)31-16-18(3)15-27(31,4)5)25(32)30-36(34,35)23-10-7-13-28-26(23)33/h6-14,17-18H,15-16H2,1-5H3,(H,28,33)(H,30,32)/t18-/m0/s1. The summed E-state index contributed by atoms with van der Waals surface area (Å²) < 4.78 is 27.8. The Morgan fingerprint density at radius 3 is 2.56 bits per heavy atom. The summed E-state index contributed by atoms with van der Waals surface area (Å²) >= 11 is 0. The number of sulfonamides is 1. The van der Waals surface area contributed by atoms with E-state index in [4.69, 9.17) is 4.98 Å². The van der Waals surface area contributed by atoms with Crippen molar-refractivity contribution in [2.45, 2.75) is 57.4 Å². The highest BCUT2D eigenvalue weighted by molar-refractivity contribution is 7.90. The van der Waals surface area contributed by atoms with Crippen molar-refractivity contribution in [3.8, 4) is 11.3 Å². The van der Waals surface area contributed by atoms with E-state index < -0.39 is 26.4 Å². The van der Waals surface area contributed by atoms with Crippen molar-refractivity contribution in [3.05, 3.63) is 76.2 Å². The fourth-order valence-electron chi connectivity index (χ4n) is 4.86. The van der Waals surface area contributed by atoms with Crippen LogP contribution in [0.1, 0.15) is 62.9 Å². The van der Waals surface area contributed by atoms with Gasteiger partial charge >= 0.3 is 0 Å². The number of benzene rings is 1. The molecule has 0 saturated carbocycles. The smallest absolute Gasteiger partial charge is 0.269 e. The van der Waals surface area contributed by atoms with Gasteiger partial charge in [0.2, 0.25) is 0 Å². The Balaban J connectivity index is 1.80. The predicted molar refractivity (Wildman–Crippen MR) is 141 cm³/mol. The maximum Gasteiger partial charge on any atom is 0.269 e. The molecule has 1 atom stereocenters. The van der Waals surface area contributed by atoms with Crippen LogP contribution in [0.2, 0.25) is 0 Å². The van der Waals surface area contributed by atoms with Crippen LogP contribution in [-0.2, 0) is 10.0 Å². The number of carbonyl (C=O) groups excluding carboxylic acids is 1. The minimum Gasteiger partial charge on any atom is -0.351 e. The van der Waals surface area contributed by atoms with Crippen LogP contribution in [0.5, 0.6) is 0 Å². The molecule has 1 aliphatic rings. The third-order valence-electron chi connectivity index (χ3n) is 6.60. The molecular weight excluding hydrogens is 476 g/mol. The summed E-state index contributed by atoms with van der Waals surface area (Å²) in [6.07, 6.45) is 2.23. The molecule has 8 nitrogen and oxygen atoms in total. The zero-order valence-corrected chi connectivity index (χ0v) is 22.0. The highest BCUT2D eigenvalue weighted by Crippen LogP contribution is 2.38. The molecule has 190 valence electrons. The second-order valence-electron chi connectivity index (χ2n) is 10.4. The second-order valence-corrected chi connectivity index (χ2v) is 12.0. The van der Waals surface area contributed by atoms with Gasteiger partial charge < -0.3 is 9.88 Å². The van der Waals surface area contributed by atoms with Crippen molar-refractivity contribution in [1.29, 1.82) is 0 Å². The molecule has 4 rings (SSSR count). The first-order valence-electron chi connectivity index (χ1n) is 12.0. The number of pyridine rings is 2. The average molecular weight is 509 g/mol. The van der Waals surface area contributed by atoms with Crippen LogP contribution in [-0.4, -0.2) is 36.4 Å². The van der Waals surface area contributed by atoms with Crippen LogP contribution in [0.3, 0.4) is 0 Å². The quantitative estimate of drug-likeness (QED) is 0.513. The number of hydrogen-bond acceptors (Lipinski definition) is 6. The van der Waals surface area contributed by atoms with E-state index in [-0.39, 0.29) is 11.1 Å². The van der Waals surface area contributed by atoms with E-state index in [1.54, 1.807) is 12.1 Å². The first kappa shape index (κ1) is 25.6. The van der Waals surface area contributed by atoms with Crippen LogP contribution < -0.4 is 15.2 Å². The highest BCUT2D eigenvalue weighted by atomic mass is 32.2. The molecule has 3 heterocycles. The molecule has 0 aliphatic carbocycles. The number of aromatic amines is 1. The van der Waals surface area contributed by atoms with Crippen molar-refractivity contribution < 1.29 is 13.2 Å². The van der Waals surface area contributed by atoms with Gasteiger partial charge in [-0.15, -0.1) is 0 Å². The molecule has 0 spiro atoms. The number of amides is 1. The van der Waals surface area contributed by atoms with Crippen molar-refractivity contribution in [2.24, 2.45) is 5.92 Å². The number of aromatic nitrogens is 2. The lowest BCUT2D eigenvalue weighted by Crippen LogP contribution is -2.41. The molecule has 1 saturated heterocycles. The fourth-order valence-corrected chi connectivity index (χ4v) is 5.88. The summed E-state index contributed by atoms with van der Waals surface area (Å²) in [6.45, 7) is 11.2. The number of nitrogens with zero attached hydrogens (tertiary/aromatic N) is 2. The minimum absolute atomic E-state index is 0.136. The number of anilines is 1.